The monoisotopic (exact) mass is 409 g/mol. The molecule has 0 saturated carbocycles. The number of fused-ring (bicyclic) bond motifs is 1. The fraction of sp³-hybridized carbons (Fsp3) is 0.0769. The quantitative estimate of drug-likeness (QED) is 0.232. The van der Waals surface area contributed by atoms with E-state index in [2.05, 4.69) is 4.99 Å². The average molecular weight is 409 g/mol. The van der Waals surface area contributed by atoms with E-state index < -0.39 is 10.6 Å². The molecule has 154 valence electrons. The second-order valence-corrected chi connectivity index (χ2v) is 7.48. The largest absolute Gasteiger partial charge is 0.614 e. The van der Waals surface area contributed by atoms with Crippen molar-refractivity contribution in [3.63, 3.8) is 0 Å². The minimum absolute atomic E-state index is 0.331. The van der Waals surface area contributed by atoms with Gasteiger partial charge in [-0.2, -0.15) is 0 Å². The molecule has 4 aromatic rings. The summed E-state index contributed by atoms with van der Waals surface area (Å²) >= 11 is 0. The lowest BCUT2D eigenvalue weighted by Gasteiger charge is -2.37. The summed E-state index contributed by atoms with van der Waals surface area (Å²) in [7, 11) is 3.91. The number of para-hydroxylation sites is 1. The van der Waals surface area contributed by atoms with Crippen molar-refractivity contribution in [3.8, 4) is 0 Å². The van der Waals surface area contributed by atoms with Crippen LogP contribution in [0.3, 0.4) is 0 Å². The van der Waals surface area contributed by atoms with Crippen molar-refractivity contribution < 1.29 is 4.79 Å². The normalized spacial score (nSPS) is 13.3. The van der Waals surface area contributed by atoms with Gasteiger partial charge in [-0.3, -0.25) is 0 Å². The number of hydrogen-bond acceptors (Lipinski definition) is 4. The lowest BCUT2D eigenvalue weighted by molar-refractivity contribution is -0.118. The first-order valence-electron chi connectivity index (χ1n) is 9.99. The molecule has 0 aromatic heterocycles. The maximum absolute atomic E-state index is 14.1. The van der Waals surface area contributed by atoms with Gasteiger partial charge in [-0.05, 0) is 41.1 Å². The zero-order valence-corrected chi connectivity index (χ0v) is 17.5. The van der Waals surface area contributed by atoms with Crippen LogP contribution < -0.4 is 9.55 Å². The molecule has 0 heterocycles. The van der Waals surface area contributed by atoms with Crippen LogP contribution in [0.1, 0.15) is 0 Å². The number of benzene rings is 4. The van der Waals surface area contributed by atoms with Crippen molar-refractivity contribution in [2.45, 2.75) is 0 Å². The van der Waals surface area contributed by atoms with Crippen molar-refractivity contribution in [2.24, 2.45) is 4.99 Å². The second kappa shape index (κ2) is 8.52. The van der Waals surface area contributed by atoms with Crippen LogP contribution in [0.25, 0.3) is 10.8 Å². The van der Waals surface area contributed by atoms with E-state index in [0.717, 1.165) is 22.7 Å². The Bertz CT molecular complexity index is 1230. The second-order valence-electron chi connectivity index (χ2n) is 7.48. The van der Waals surface area contributed by atoms with Crippen LogP contribution in [0.4, 0.5) is 22.7 Å². The molecule has 0 N–H and O–H groups in total. The number of carbonyl (C=O) groups is 1. The van der Waals surface area contributed by atoms with Gasteiger partial charge in [-0.15, -0.1) is 0 Å². The molecule has 0 aliphatic heterocycles. The smallest absolute Gasteiger partial charge is 0.367 e. The van der Waals surface area contributed by atoms with Gasteiger partial charge in [0.25, 0.3) is 0 Å². The summed E-state index contributed by atoms with van der Waals surface area (Å²) in [6.45, 7) is 0. The number of carbonyl (C=O) groups excluding carboxylic acids is 1. The summed E-state index contributed by atoms with van der Waals surface area (Å²) in [6.07, 6.45) is 1.12. The van der Waals surface area contributed by atoms with Gasteiger partial charge in [0.1, 0.15) is 17.6 Å². The van der Waals surface area contributed by atoms with Crippen molar-refractivity contribution in [1.82, 2.24) is 4.65 Å². The van der Waals surface area contributed by atoms with Crippen LogP contribution in [-0.2, 0) is 4.79 Å². The maximum Gasteiger partial charge on any atom is 0.367 e. The van der Waals surface area contributed by atoms with Crippen molar-refractivity contribution in [3.05, 3.63) is 102 Å². The van der Waals surface area contributed by atoms with E-state index in [9.17, 15) is 10.0 Å². The molecule has 0 spiro atoms. The van der Waals surface area contributed by atoms with E-state index in [1.54, 1.807) is 36.4 Å². The molecule has 0 radical (unpaired) electrons. The highest BCUT2D eigenvalue weighted by molar-refractivity contribution is 6.32. The van der Waals surface area contributed by atoms with E-state index in [-0.39, 0.29) is 0 Å². The fourth-order valence-corrected chi connectivity index (χ4v) is 3.46. The first-order chi connectivity index (χ1) is 15.0. The van der Waals surface area contributed by atoms with E-state index in [4.69, 9.17) is 0 Å². The summed E-state index contributed by atoms with van der Waals surface area (Å²) in [5, 5.41) is 16.0. The van der Waals surface area contributed by atoms with Crippen molar-refractivity contribution in [2.75, 3.05) is 19.0 Å². The van der Waals surface area contributed by atoms with Crippen LogP contribution in [0, 0.1) is 5.21 Å². The highest BCUT2D eigenvalue weighted by atomic mass is 16.6. The van der Waals surface area contributed by atoms with Gasteiger partial charge in [0.2, 0.25) is 0 Å². The van der Waals surface area contributed by atoms with Gasteiger partial charge in [-0.1, -0.05) is 42.5 Å². The lowest BCUT2D eigenvalue weighted by Crippen LogP contribution is -2.44. The first kappa shape index (κ1) is 20.5. The Morgan fingerprint density at radius 2 is 1.45 bits per heavy atom. The van der Waals surface area contributed by atoms with Crippen molar-refractivity contribution >= 4 is 45.6 Å². The molecule has 0 aliphatic carbocycles. The number of amides is 1. The molecule has 31 heavy (non-hydrogen) atoms. The van der Waals surface area contributed by atoms with E-state index in [1.165, 1.54) is 0 Å². The van der Waals surface area contributed by atoms with Crippen molar-refractivity contribution in [1.29, 1.82) is 0 Å². The molecule has 0 bridgehead atoms. The number of aliphatic imine (C=N–C) groups is 1. The van der Waals surface area contributed by atoms with Crippen LogP contribution in [-0.4, -0.2) is 26.2 Å². The number of quaternary nitrogens is 1. The van der Waals surface area contributed by atoms with Gasteiger partial charge in [0, 0.05) is 44.0 Å². The van der Waals surface area contributed by atoms with Crippen LogP contribution in [0.15, 0.2) is 102 Å². The molecule has 5 heteroatoms. The minimum atomic E-state index is -1.25. The molecule has 1 atom stereocenters. The van der Waals surface area contributed by atoms with Gasteiger partial charge in [-0.25, -0.2) is 14.4 Å². The summed E-state index contributed by atoms with van der Waals surface area (Å²) in [6, 6.07) is 29.2. The highest BCUT2D eigenvalue weighted by Crippen LogP contribution is 2.35. The summed E-state index contributed by atoms with van der Waals surface area (Å²) < 4.78 is -1.25. The number of hydrogen-bond donors (Lipinski definition) is 0. The fourth-order valence-electron chi connectivity index (χ4n) is 3.46. The molecule has 0 saturated heterocycles. The topological polar surface area (TPSA) is 55.7 Å². The third-order valence-electron chi connectivity index (χ3n) is 5.22. The molecule has 4 rings (SSSR count). The Hall–Kier alpha value is -3.80. The Morgan fingerprint density at radius 3 is 2.13 bits per heavy atom. The standard InChI is InChI=1S/C26H23N3O2/c1-28(2)23-15-13-22(14-16-23)27-19-26(30)29(31,24-10-4-3-5-11-24)25-17-12-20-8-6-7-9-21(20)18-25/h3-19H,1-2H3. The molecule has 4 aromatic carbocycles. The van der Waals surface area contributed by atoms with E-state index in [1.807, 2.05) is 79.7 Å². The highest BCUT2D eigenvalue weighted by Gasteiger charge is 2.32. The van der Waals surface area contributed by atoms with E-state index in [0.29, 0.717) is 17.1 Å². The third kappa shape index (κ3) is 4.10. The average Bonchev–Trinajstić information content (AvgIpc) is 2.82. The Balaban J connectivity index is 1.74. The maximum atomic E-state index is 14.1. The number of rotatable bonds is 5. The minimum Gasteiger partial charge on any atom is -0.614 e. The van der Waals surface area contributed by atoms with Crippen LogP contribution in [0.5, 0.6) is 0 Å². The SMILES string of the molecule is CN(C)c1ccc(N=CC(=O)[N+]([O-])(c2ccccc2)c2ccc3ccccc3c2)cc1. The molecule has 0 aliphatic rings. The predicted molar refractivity (Wildman–Crippen MR) is 129 cm³/mol. The molecular formula is C26H23N3O2. The Kier molecular flexibility index (Phi) is 5.62. The summed E-state index contributed by atoms with van der Waals surface area (Å²) in [4.78, 5) is 19.5. The number of nitrogens with zero attached hydrogens (tertiary/aromatic N) is 3. The lowest BCUT2D eigenvalue weighted by atomic mass is 10.1. The number of hydroxylamine groups is 1. The zero-order chi connectivity index (χ0) is 21.8. The van der Waals surface area contributed by atoms with Gasteiger partial charge >= 0.3 is 5.91 Å². The summed E-state index contributed by atoms with van der Waals surface area (Å²) in [5.41, 5.74) is 2.30. The van der Waals surface area contributed by atoms with Gasteiger partial charge in [0.05, 0.1) is 5.69 Å². The third-order valence-corrected chi connectivity index (χ3v) is 5.22. The molecular weight excluding hydrogens is 386 g/mol. The predicted octanol–water partition coefficient (Wildman–Crippen LogP) is 5.97. The van der Waals surface area contributed by atoms with Crippen LogP contribution >= 0.6 is 0 Å². The van der Waals surface area contributed by atoms with Crippen LogP contribution in [0.2, 0.25) is 0 Å². The zero-order valence-electron chi connectivity index (χ0n) is 17.5. The first-order valence-corrected chi connectivity index (χ1v) is 9.99. The Labute approximate surface area is 181 Å². The Morgan fingerprint density at radius 1 is 0.806 bits per heavy atom. The van der Waals surface area contributed by atoms with Gasteiger partial charge in [0.15, 0.2) is 0 Å². The molecule has 1 amide bonds. The molecule has 1 unspecified atom stereocenters. The van der Waals surface area contributed by atoms with E-state index >= 15 is 0 Å². The molecule has 5 nitrogen and oxygen atoms in total. The molecule has 0 fully saturated rings. The van der Waals surface area contributed by atoms with Gasteiger partial charge < -0.3 is 10.1 Å². The number of anilines is 1. The summed E-state index contributed by atoms with van der Waals surface area (Å²) in [5.74, 6) is -0.668.